The Bertz CT molecular complexity index is 802. The standard InChI is InChI=1S/C20H23N3O3S/c24-19(22-9-11-26-12-10-22)16-7-4-8-23(13-16)20(25)17-14-27-18(21-17)15-5-2-1-3-6-15/h1-3,5-6,14,16H,4,7-13H2. The molecule has 2 fully saturated rings. The van der Waals surface area contributed by atoms with E-state index in [1.807, 2.05) is 40.6 Å². The molecule has 142 valence electrons. The molecule has 0 radical (unpaired) electrons. The first-order valence-corrected chi connectivity index (χ1v) is 10.3. The highest BCUT2D eigenvalue weighted by molar-refractivity contribution is 7.13. The summed E-state index contributed by atoms with van der Waals surface area (Å²) >= 11 is 1.48. The molecule has 4 rings (SSSR count). The summed E-state index contributed by atoms with van der Waals surface area (Å²) in [5.41, 5.74) is 1.49. The summed E-state index contributed by atoms with van der Waals surface area (Å²) in [6, 6.07) is 9.87. The number of carbonyl (C=O) groups excluding carboxylic acids is 2. The second-order valence-corrected chi connectivity index (χ2v) is 7.79. The van der Waals surface area contributed by atoms with Crippen LogP contribution in [-0.2, 0) is 9.53 Å². The predicted octanol–water partition coefficient (Wildman–Crippen LogP) is 2.52. The van der Waals surface area contributed by atoms with Gasteiger partial charge in [0, 0.05) is 37.1 Å². The number of rotatable bonds is 3. The van der Waals surface area contributed by atoms with Gasteiger partial charge in [-0.3, -0.25) is 9.59 Å². The van der Waals surface area contributed by atoms with Crippen LogP contribution in [0.5, 0.6) is 0 Å². The summed E-state index contributed by atoms with van der Waals surface area (Å²) in [4.78, 5) is 33.9. The number of aromatic nitrogens is 1. The van der Waals surface area contributed by atoms with Gasteiger partial charge in [-0.05, 0) is 12.8 Å². The van der Waals surface area contributed by atoms with E-state index in [1.54, 1.807) is 4.90 Å². The van der Waals surface area contributed by atoms with E-state index in [0.717, 1.165) is 23.4 Å². The van der Waals surface area contributed by atoms with Gasteiger partial charge in [0.15, 0.2) is 0 Å². The molecule has 1 aromatic carbocycles. The maximum Gasteiger partial charge on any atom is 0.273 e. The van der Waals surface area contributed by atoms with Crippen LogP contribution in [0.15, 0.2) is 35.7 Å². The van der Waals surface area contributed by atoms with Crippen LogP contribution in [0.2, 0.25) is 0 Å². The minimum atomic E-state index is -0.118. The minimum Gasteiger partial charge on any atom is -0.378 e. The van der Waals surface area contributed by atoms with E-state index in [-0.39, 0.29) is 17.7 Å². The molecule has 2 saturated heterocycles. The number of ether oxygens (including phenoxy) is 1. The highest BCUT2D eigenvalue weighted by Crippen LogP contribution is 2.26. The van der Waals surface area contributed by atoms with Gasteiger partial charge < -0.3 is 14.5 Å². The number of amides is 2. The van der Waals surface area contributed by atoms with Crippen LogP contribution in [0.25, 0.3) is 10.6 Å². The third-order valence-electron chi connectivity index (χ3n) is 5.12. The highest BCUT2D eigenvalue weighted by Gasteiger charge is 2.32. The van der Waals surface area contributed by atoms with Crippen LogP contribution >= 0.6 is 11.3 Å². The van der Waals surface area contributed by atoms with Gasteiger partial charge in [-0.1, -0.05) is 30.3 Å². The molecule has 0 spiro atoms. The Morgan fingerprint density at radius 3 is 2.63 bits per heavy atom. The van der Waals surface area contributed by atoms with Crippen molar-refractivity contribution in [3.63, 3.8) is 0 Å². The number of piperidine rings is 1. The van der Waals surface area contributed by atoms with Gasteiger partial charge in [-0.15, -0.1) is 11.3 Å². The van der Waals surface area contributed by atoms with Crippen molar-refractivity contribution >= 4 is 23.2 Å². The lowest BCUT2D eigenvalue weighted by Crippen LogP contribution is -2.49. The van der Waals surface area contributed by atoms with Crippen LogP contribution < -0.4 is 0 Å². The lowest BCUT2D eigenvalue weighted by atomic mass is 9.96. The van der Waals surface area contributed by atoms with Crippen molar-refractivity contribution < 1.29 is 14.3 Å². The molecule has 1 aromatic heterocycles. The number of nitrogens with zero attached hydrogens (tertiary/aromatic N) is 3. The molecular formula is C20H23N3O3S. The summed E-state index contributed by atoms with van der Waals surface area (Å²) in [7, 11) is 0. The SMILES string of the molecule is O=C(c1csc(-c2ccccc2)n1)N1CCCC(C(=O)N2CCOCC2)C1. The first-order valence-electron chi connectivity index (χ1n) is 9.39. The molecule has 2 amide bonds. The average molecular weight is 385 g/mol. The van der Waals surface area contributed by atoms with E-state index >= 15 is 0 Å². The van der Waals surface area contributed by atoms with Gasteiger partial charge in [-0.2, -0.15) is 0 Å². The number of carbonyl (C=O) groups is 2. The predicted molar refractivity (Wildman–Crippen MR) is 104 cm³/mol. The van der Waals surface area contributed by atoms with E-state index in [4.69, 9.17) is 4.74 Å². The van der Waals surface area contributed by atoms with E-state index < -0.39 is 0 Å². The van der Waals surface area contributed by atoms with Gasteiger partial charge in [0.1, 0.15) is 10.7 Å². The molecule has 3 heterocycles. The van der Waals surface area contributed by atoms with E-state index in [0.29, 0.717) is 45.1 Å². The van der Waals surface area contributed by atoms with Gasteiger partial charge in [0.2, 0.25) is 5.91 Å². The summed E-state index contributed by atoms with van der Waals surface area (Å²) in [6.45, 7) is 3.66. The maximum absolute atomic E-state index is 12.9. The normalized spacial score (nSPS) is 20.5. The smallest absolute Gasteiger partial charge is 0.273 e. The van der Waals surface area contributed by atoms with Crippen molar-refractivity contribution in [2.45, 2.75) is 12.8 Å². The van der Waals surface area contributed by atoms with E-state index in [1.165, 1.54) is 11.3 Å². The lowest BCUT2D eigenvalue weighted by Gasteiger charge is -2.36. The molecule has 0 saturated carbocycles. The van der Waals surface area contributed by atoms with Gasteiger partial charge in [0.05, 0.1) is 19.1 Å². The Labute approximate surface area is 162 Å². The minimum absolute atomic E-state index is 0.0760. The molecule has 0 bridgehead atoms. The maximum atomic E-state index is 12.9. The van der Waals surface area contributed by atoms with Crippen molar-refractivity contribution in [1.82, 2.24) is 14.8 Å². The molecule has 7 heteroatoms. The third kappa shape index (κ3) is 4.04. The summed E-state index contributed by atoms with van der Waals surface area (Å²) < 4.78 is 5.33. The molecule has 2 aromatic rings. The Morgan fingerprint density at radius 2 is 1.85 bits per heavy atom. The average Bonchev–Trinajstić information content (AvgIpc) is 3.24. The van der Waals surface area contributed by atoms with Crippen LogP contribution in [0.4, 0.5) is 0 Å². The van der Waals surface area contributed by atoms with E-state index in [9.17, 15) is 9.59 Å². The monoisotopic (exact) mass is 385 g/mol. The molecule has 2 aliphatic heterocycles. The first-order chi connectivity index (χ1) is 13.2. The summed E-state index contributed by atoms with van der Waals surface area (Å²) in [5.74, 6) is -0.0417. The molecule has 27 heavy (non-hydrogen) atoms. The summed E-state index contributed by atoms with van der Waals surface area (Å²) in [6.07, 6.45) is 1.69. The number of likely N-dealkylation sites (tertiary alicyclic amines) is 1. The molecule has 1 atom stereocenters. The van der Waals surface area contributed by atoms with Crippen LogP contribution in [0, 0.1) is 5.92 Å². The Balaban J connectivity index is 1.43. The van der Waals surface area contributed by atoms with Crippen LogP contribution in [-0.4, -0.2) is 66.0 Å². The van der Waals surface area contributed by atoms with Crippen LogP contribution in [0.1, 0.15) is 23.3 Å². The molecule has 0 N–H and O–H groups in total. The fourth-order valence-electron chi connectivity index (χ4n) is 3.65. The molecule has 2 aliphatic rings. The summed E-state index contributed by atoms with van der Waals surface area (Å²) in [5, 5.41) is 2.66. The Kier molecular flexibility index (Phi) is 5.50. The quantitative estimate of drug-likeness (QED) is 0.815. The molecule has 0 aliphatic carbocycles. The molecule has 6 nitrogen and oxygen atoms in total. The second-order valence-electron chi connectivity index (χ2n) is 6.93. The van der Waals surface area contributed by atoms with Crippen molar-refractivity contribution in [2.24, 2.45) is 5.92 Å². The zero-order valence-electron chi connectivity index (χ0n) is 15.2. The van der Waals surface area contributed by atoms with Crippen molar-refractivity contribution in [3.8, 4) is 10.6 Å². The van der Waals surface area contributed by atoms with Crippen molar-refractivity contribution in [3.05, 3.63) is 41.4 Å². The van der Waals surface area contributed by atoms with Crippen molar-refractivity contribution in [2.75, 3.05) is 39.4 Å². The number of hydrogen-bond donors (Lipinski definition) is 0. The third-order valence-corrected chi connectivity index (χ3v) is 6.02. The first kappa shape index (κ1) is 18.1. The highest BCUT2D eigenvalue weighted by atomic mass is 32.1. The molecule has 1 unspecified atom stereocenters. The Morgan fingerprint density at radius 1 is 1.07 bits per heavy atom. The zero-order valence-corrected chi connectivity index (χ0v) is 16.0. The topological polar surface area (TPSA) is 62.7 Å². The molecular weight excluding hydrogens is 362 g/mol. The number of hydrogen-bond acceptors (Lipinski definition) is 5. The van der Waals surface area contributed by atoms with Gasteiger partial charge in [0.25, 0.3) is 5.91 Å². The van der Waals surface area contributed by atoms with Crippen LogP contribution in [0.3, 0.4) is 0 Å². The zero-order chi connectivity index (χ0) is 18.6. The van der Waals surface area contributed by atoms with Gasteiger partial charge >= 0.3 is 0 Å². The van der Waals surface area contributed by atoms with E-state index in [2.05, 4.69) is 4.98 Å². The number of morpholine rings is 1. The fourth-order valence-corrected chi connectivity index (χ4v) is 4.45. The van der Waals surface area contributed by atoms with Crippen molar-refractivity contribution in [1.29, 1.82) is 0 Å². The largest absolute Gasteiger partial charge is 0.378 e. The fraction of sp³-hybridized carbons (Fsp3) is 0.450. The Hall–Kier alpha value is -2.25. The number of thiazole rings is 1. The number of benzene rings is 1. The second kappa shape index (κ2) is 8.19. The lowest BCUT2D eigenvalue weighted by molar-refractivity contribution is -0.141. The van der Waals surface area contributed by atoms with Gasteiger partial charge in [-0.25, -0.2) is 4.98 Å².